The lowest BCUT2D eigenvalue weighted by molar-refractivity contribution is -0.136. The van der Waals surface area contributed by atoms with Crippen molar-refractivity contribution in [3.05, 3.63) is 26.8 Å². The zero-order valence-corrected chi connectivity index (χ0v) is 13.7. The van der Waals surface area contributed by atoms with Crippen molar-refractivity contribution in [2.24, 2.45) is 0 Å². The quantitative estimate of drug-likeness (QED) is 0.747. The number of amides is 2. The molecule has 1 aliphatic rings. The van der Waals surface area contributed by atoms with Gasteiger partial charge >= 0.3 is 0 Å². The first-order valence-corrected chi connectivity index (χ1v) is 7.30. The molecular weight excluding hydrogens is 379 g/mol. The third-order valence-electron chi connectivity index (χ3n) is 3.13. The summed E-state index contributed by atoms with van der Waals surface area (Å²) in [6.07, 6.45) is 0. The van der Waals surface area contributed by atoms with E-state index in [1.165, 1.54) is 4.90 Å². The number of halogens is 2. The van der Waals surface area contributed by atoms with Crippen LogP contribution in [0.25, 0.3) is 0 Å². The summed E-state index contributed by atoms with van der Waals surface area (Å²) in [7, 11) is 0. The molecule has 0 aliphatic carbocycles. The maximum Gasteiger partial charge on any atom is 0.252 e. The molecule has 1 fully saturated rings. The van der Waals surface area contributed by atoms with Gasteiger partial charge in [-0.15, -0.1) is 0 Å². The molecule has 1 heterocycles. The largest absolute Gasteiger partial charge is 0.340 e. The van der Waals surface area contributed by atoms with Gasteiger partial charge in [-0.3, -0.25) is 14.5 Å². The predicted octanol–water partition coefficient (Wildman–Crippen LogP) is 2.57. The van der Waals surface area contributed by atoms with Gasteiger partial charge in [-0.05, 0) is 61.6 Å². The van der Waals surface area contributed by atoms with Gasteiger partial charge in [-0.2, -0.15) is 0 Å². The van der Waals surface area contributed by atoms with Crippen LogP contribution in [-0.4, -0.2) is 23.4 Å². The minimum Gasteiger partial charge on any atom is -0.340 e. The molecule has 1 atom stereocenters. The third kappa shape index (κ3) is 2.58. The van der Waals surface area contributed by atoms with E-state index in [-0.39, 0.29) is 11.8 Å². The van der Waals surface area contributed by atoms with Crippen molar-refractivity contribution < 1.29 is 9.59 Å². The Hall–Kier alpha value is -0.820. The number of hydrogen-bond acceptors (Lipinski definition) is 2. The van der Waals surface area contributed by atoms with Crippen LogP contribution in [0.5, 0.6) is 0 Å². The first kappa shape index (κ1) is 14.6. The molecule has 2 amide bonds. The SMILES string of the molecule is CC1C(=O)NC(C)(C)C(=O)N1c1ccc(Cl)cc1I. The van der Waals surface area contributed by atoms with E-state index >= 15 is 0 Å². The number of hydrogen-bond donors (Lipinski definition) is 1. The van der Waals surface area contributed by atoms with Gasteiger partial charge in [0.05, 0.1) is 5.69 Å². The molecule has 1 saturated heterocycles. The van der Waals surface area contributed by atoms with Gasteiger partial charge in [0, 0.05) is 8.59 Å². The molecule has 1 aliphatic heterocycles. The molecule has 1 aromatic rings. The average Bonchev–Trinajstić information content (AvgIpc) is 2.29. The van der Waals surface area contributed by atoms with Crippen molar-refractivity contribution in [3.63, 3.8) is 0 Å². The van der Waals surface area contributed by atoms with E-state index in [0.717, 1.165) is 3.57 Å². The molecule has 1 N–H and O–H groups in total. The summed E-state index contributed by atoms with van der Waals surface area (Å²) in [5.41, 5.74) is -0.183. The molecule has 0 radical (unpaired) electrons. The van der Waals surface area contributed by atoms with Gasteiger partial charge in [0.25, 0.3) is 5.91 Å². The molecule has 1 aromatic carbocycles. The molecule has 1 unspecified atom stereocenters. The van der Waals surface area contributed by atoms with Crippen molar-refractivity contribution in [1.29, 1.82) is 0 Å². The first-order chi connectivity index (χ1) is 8.74. The van der Waals surface area contributed by atoms with Crippen molar-refractivity contribution in [1.82, 2.24) is 5.32 Å². The van der Waals surface area contributed by atoms with Gasteiger partial charge in [-0.1, -0.05) is 11.6 Å². The standard InChI is InChI=1S/C13H14ClIN2O2/c1-7-11(18)16-13(2,3)12(19)17(7)10-5-4-8(14)6-9(10)15/h4-7H,1-3H3,(H,16,18). The maximum atomic E-state index is 12.5. The predicted molar refractivity (Wildman–Crippen MR) is 83.3 cm³/mol. The Balaban J connectivity index is 2.51. The number of nitrogens with zero attached hydrogens (tertiary/aromatic N) is 1. The third-order valence-corrected chi connectivity index (χ3v) is 4.22. The Kier molecular flexibility index (Phi) is 3.79. The maximum absolute atomic E-state index is 12.5. The summed E-state index contributed by atoms with van der Waals surface area (Å²) in [4.78, 5) is 26.0. The first-order valence-electron chi connectivity index (χ1n) is 5.85. The highest BCUT2D eigenvalue weighted by Crippen LogP contribution is 2.31. The zero-order valence-electron chi connectivity index (χ0n) is 10.8. The Morgan fingerprint density at radius 3 is 2.58 bits per heavy atom. The fourth-order valence-corrected chi connectivity index (χ4v) is 3.19. The average molecular weight is 393 g/mol. The summed E-state index contributed by atoms with van der Waals surface area (Å²) in [6.45, 7) is 5.12. The van der Waals surface area contributed by atoms with E-state index in [9.17, 15) is 9.59 Å². The molecule has 0 spiro atoms. The zero-order chi connectivity index (χ0) is 14.4. The summed E-state index contributed by atoms with van der Waals surface area (Å²) in [6, 6.07) is 4.73. The normalized spacial score (nSPS) is 22.4. The number of anilines is 1. The fraction of sp³-hybridized carbons (Fsp3) is 0.385. The monoisotopic (exact) mass is 392 g/mol. The second-order valence-corrected chi connectivity index (χ2v) is 6.66. The Labute approximate surface area is 130 Å². The van der Waals surface area contributed by atoms with Gasteiger partial charge < -0.3 is 5.32 Å². The molecule has 2 rings (SSSR count). The lowest BCUT2D eigenvalue weighted by Crippen LogP contribution is -2.67. The van der Waals surface area contributed by atoms with Crippen LogP contribution >= 0.6 is 34.2 Å². The Morgan fingerprint density at radius 2 is 2.00 bits per heavy atom. The van der Waals surface area contributed by atoms with E-state index in [4.69, 9.17) is 11.6 Å². The van der Waals surface area contributed by atoms with Crippen LogP contribution in [0.1, 0.15) is 20.8 Å². The fourth-order valence-electron chi connectivity index (χ4n) is 2.05. The van der Waals surface area contributed by atoms with Gasteiger partial charge in [0.15, 0.2) is 0 Å². The Bertz CT molecular complexity index is 560. The van der Waals surface area contributed by atoms with Crippen LogP contribution in [0.4, 0.5) is 5.69 Å². The molecule has 0 bridgehead atoms. The molecule has 6 heteroatoms. The molecule has 19 heavy (non-hydrogen) atoms. The van der Waals surface area contributed by atoms with E-state index in [0.29, 0.717) is 10.7 Å². The van der Waals surface area contributed by atoms with E-state index < -0.39 is 11.6 Å². The number of carbonyl (C=O) groups is 2. The van der Waals surface area contributed by atoms with E-state index in [1.807, 2.05) is 0 Å². The number of nitrogens with one attached hydrogen (secondary N) is 1. The summed E-state index contributed by atoms with van der Waals surface area (Å²) in [5, 5.41) is 3.33. The smallest absolute Gasteiger partial charge is 0.252 e. The van der Waals surface area contributed by atoms with Crippen molar-refractivity contribution in [2.75, 3.05) is 4.90 Å². The molecule has 0 aromatic heterocycles. The van der Waals surface area contributed by atoms with Crippen molar-refractivity contribution in [2.45, 2.75) is 32.4 Å². The van der Waals surface area contributed by atoms with Crippen LogP contribution in [0, 0.1) is 3.57 Å². The molecular formula is C13H14ClIN2O2. The number of piperazine rings is 1. The van der Waals surface area contributed by atoms with Crippen LogP contribution in [0.3, 0.4) is 0 Å². The molecule has 4 nitrogen and oxygen atoms in total. The highest BCUT2D eigenvalue weighted by Gasteiger charge is 2.44. The summed E-state index contributed by atoms with van der Waals surface area (Å²) < 4.78 is 0.843. The van der Waals surface area contributed by atoms with Crippen molar-refractivity contribution in [3.8, 4) is 0 Å². The van der Waals surface area contributed by atoms with E-state index in [1.54, 1.807) is 39.0 Å². The van der Waals surface area contributed by atoms with Crippen LogP contribution in [0.15, 0.2) is 18.2 Å². The number of carbonyl (C=O) groups excluding carboxylic acids is 2. The van der Waals surface area contributed by atoms with Gasteiger partial charge in [-0.25, -0.2) is 0 Å². The highest BCUT2D eigenvalue weighted by molar-refractivity contribution is 14.1. The van der Waals surface area contributed by atoms with Crippen LogP contribution in [0.2, 0.25) is 5.02 Å². The van der Waals surface area contributed by atoms with E-state index in [2.05, 4.69) is 27.9 Å². The van der Waals surface area contributed by atoms with Gasteiger partial charge in [0.1, 0.15) is 11.6 Å². The number of rotatable bonds is 1. The minimum absolute atomic E-state index is 0.125. The van der Waals surface area contributed by atoms with Crippen molar-refractivity contribution >= 4 is 51.7 Å². The Morgan fingerprint density at radius 1 is 1.37 bits per heavy atom. The van der Waals surface area contributed by atoms with Crippen LogP contribution in [-0.2, 0) is 9.59 Å². The summed E-state index contributed by atoms with van der Waals surface area (Å²) in [5.74, 6) is -0.282. The second kappa shape index (κ2) is 4.94. The lowest BCUT2D eigenvalue weighted by Gasteiger charge is -2.41. The summed E-state index contributed by atoms with van der Waals surface area (Å²) >= 11 is 8.04. The highest BCUT2D eigenvalue weighted by atomic mass is 127. The lowest BCUT2D eigenvalue weighted by atomic mass is 9.96. The van der Waals surface area contributed by atoms with Crippen LogP contribution < -0.4 is 10.2 Å². The minimum atomic E-state index is -0.897. The topological polar surface area (TPSA) is 49.4 Å². The molecule has 102 valence electrons. The van der Waals surface area contributed by atoms with Gasteiger partial charge in [0.2, 0.25) is 5.91 Å². The number of benzene rings is 1. The molecule has 0 saturated carbocycles. The second-order valence-electron chi connectivity index (χ2n) is 5.06.